The molecule has 1 aromatic carbocycles. The first kappa shape index (κ1) is 13.6. The summed E-state index contributed by atoms with van der Waals surface area (Å²) < 4.78 is 5.66. The van der Waals surface area contributed by atoms with Crippen molar-refractivity contribution in [2.24, 2.45) is 0 Å². The van der Waals surface area contributed by atoms with E-state index in [9.17, 15) is 4.79 Å². The van der Waals surface area contributed by atoms with Crippen LogP contribution in [0.3, 0.4) is 0 Å². The number of likely N-dealkylation sites (tertiary alicyclic amines) is 1. The molecular weight excluding hydrogens is 276 g/mol. The maximum absolute atomic E-state index is 12.5. The van der Waals surface area contributed by atoms with Crippen molar-refractivity contribution in [1.82, 2.24) is 4.90 Å². The molecular formula is C18H20N2O2. The highest BCUT2D eigenvalue weighted by Crippen LogP contribution is 2.44. The van der Waals surface area contributed by atoms with Gasteiger partial charge in [0.25, 0.3) is 0 Å². The molecule has 1 spiro atoms. The minimum Gasteiger partial charge on any atom is -0.465 e. The number of carbonyl (C=O) groups is 1. The fraction of sp³-hybridized carbons (Fsp3) is 0.389. The van der Waals surface area contributed by atoms with Gasteiger partial charge in [0.15, 0.2) is 0 Å². The normalized spacial score (nSPS) is 20.1. The first-order valence-corrected chi connectivity index (χ1v) is 7.86. The molecule has 0 radical (unpaired) electrons. The minimum atomic E-state index is -0.327. The molecule has 0 bridgehead atoms. The van der Waals surface area contributed by atoms with Gasteiger partial charge in [0.05, 0.1) is 12.0 Å². The number of benzene rings is 1. The average Bonchev–Trinajstić information content (AvgIpc) is 3.04. The lowest BCUT2D eigenvalue weighted by molar-refractivity contribution is -0.122. The quantitative estimate of drug-likeness (QED) is 0.926. The van der Waals surface area contributed by atoms with Gasteiger partial charge in [-0.05, 0) is 56.6 Å². The first-order chi connectivity index (χ1) is 10.7. The summed E-state index contributed by atoms with van der Waals surface area (Å²) in [5, 5.41) is 3.05. The third-order valence-corrected chi connectivity index (χ3v) is 5.01. The van der Waals surface area contributed by atoms with Crippen LogP contribution in [0, 0.1) is 6.92 Å². The highest BCUT2D eigenvalue weighted by Gasteiger charge is 2.48. The number of rotatable bonds is 2. The van der Waals surface area contributed by atoms with Crippen LogP contribution in [0.5, 0.6) is 0 Å². The fourth-order valence-corrected chi connectivity index (χ4v) is 3.75. The molecule has 4 heteroatoms. The number of anilines is 1. The first-order valence-electron chi connectivity index (χ1n) is 7.86. The third kappa shape index (κ3) is 2.06. The summed E-state index contributed by atoms with van der Waals surface area (Å²) in [5.74, 6) is 2.12. The molecule has 4 nitrogen and oxygen atoms in total. The van der Waals surface area contributed by atoms with Crippen molar-refractivity contribution >= 4 is 11.6 Å². The smallest absolute Gasteiger partial charge is 0.235 e. The van der Waals surface area contributed by atoms with Gasteiger partial charge >= 0.3 is 0 Å². The number of amides is 1. The van der Waals surface area contributed by atoms with Crippen LogP contribution >= 0.6 is 0 Å². The Morgan fingerprint density at radius 3 is 2.68 bits per heavy atom. The summed E-state index contributed by atoms with van der Waals surface area (Å²) >= 11 is 0. The lowest BCUT2D eigenvalue weighted by atomic mass is 9.73. The number of nitrogens with one attached hydrogen (secondary N) is 1. The molecule has 1 amide bonds. The SMILES string of the molecule is Cc1ccc(CN2CCC3(CC2)C(=O)Nc2ccccc23)o1. The van der Waals surface area contributed by atoms with Gasteiger partial charge in [0.1, 0.15) is 11.5 Å². The maximum atomic E-state index is 12.5. The van der Waals surface area contributed by atoms with E-state index in [0.29, 0.717) is 0 Å². The van der Waals surface area contributed by atoms with Gasteiger partial charge in [-0.3, -0.25) is 9.69 Å². The topological polar surface area (TPSA) is 45.5 Å². The van der Waals surface area contributed by atoms with Crippen LogP contribution in [-0.2, 0) is 16.8 Å². The molecule has 2 aliphatic rings. The molecule has 0 aliphatic carbocycles. The summed E-state index contributed by atoms with van der Waals surface area (Å²) in [6.45, 7) is 4.63. The zero-order valence-corrected chi connectivity index (χ0v) is 12.8. The summed E-state index contributed by atoms with van der Waals surface area (Å²) in [4.78, 5) is 14.9. The summed E-state index contributed by atoms with van der Waals surface area (Å²) in [7, 11) is 0. The Morgan fingerprint density at radius 1 is 1.18 bits per heavy atom. The molecule has 2 aromatic rings. The van der Waals surface area contributed by atoms with Crippen molar-refractivity contribution in [3.8, 4) is 0 Å². The van der Waals surface area contributed by atoms with E-state index in [0.717, 1.165) is 49.7 Å². The average molecular weight is 296 g/mol. The van der Waals surface area contributed by atoms with Gasteiger partial charge in [-0.2, -0.15) is 0 Å². The number of furan rings is 1. The Labute approximate surface area is 130 Å². The van der Waals surface area contributed by atoms with E-state index in [1.165, 1.54) is 5.56 Å². The lowest BCUT2D eigenvalue weighted by Crippen LogP contribution is -2.46. The number of piperidine rings is 1. The molecule has 22 heavy (non-hydrogen) atoms. The number of carbonyl (C=O) groups excluding carboxylic acids is 1. The number of aryl methyl sites for hydroxylation is 1. The number of para-hydroxylation sites is 1. The molecule has 0 saturated carbocycles. The second kappa shape index (κ2) is 4.99. The molecule has 3 heterocycles. The van der Waals surface area contributed by atoms with E-state index in [2.05, 4.69) is 16.3 Å². The Kier molecular flexibility index (Phi) is 3.08. The van der Waals surface area contributed by atoms with Crippen molar-refractivity contribution in [3.05, 3.63) is 53.5 Å². The predicted octanol–water partition coefficient (Wildman–Crippen LogP) is 3.07. The van der Waals surface area contributed by atoms with Gasteiger partial charge in [-0.1, -0.05) is 18.2 Å². The Balaban J connectivity index is 1.51. The summed E-state index contributed by atoms with van der Waals surface area (Å²) in [6, 6.07) is 12.1. The standard InChI is InChI=1S/C18H20N2O2/c1-13-6-7-14(22-13)12-20-10-8-18(9-11-20)15-4-2-3-5-16(15)19-17(18)21/h2-7H,8-12H2,1H3,(H,19,21). The Bertz CT molecular complexity index is 711. The Morgan fingerprint density at radius 2 is 1.95 bits per heavy atom. The van der Waals surface area contributed by atoms with E-state index in [4.69, 9.17) is 4.42 Å². The van der Waals surface area contributed by atoms with Gasteiger partial charge in [-0.15, -0.1) is 0 Å². The van der Waals surface area contributed by atoms with Crippen LogP contribution in [0.2, 0.25) is 0 Å². The van der Waals surface area contributed by atoms with Crippen LogP contribution in [0.25, 0.3) is 0 Å². The number of hydrogen-bond acceptors (Lipinski definition) is 3. The van der Waals surface area contributed by atoms with Gasteiger partial charge < -0.3 is 9.73 Å². The van der Waals surface area contributed by atoms with Crippen molar-refractivity contribution in [2.75, 3.05) is 18.4 Å². The molecule has 1 fully saturated rings. The summed E-state index contributed by atoms with van der Waals surface area (Å²) in [5.41, 5.74) is 1.84. The van der Waals surface area contributed by atoms with Crippen LogP contribution in [-0.4, -0.2) is 23.9 Å². The van der Waals surface area contributed by atoms with Gasteiger partial charge in [0, 0.05) is 5.69 Å². The van der Waals surface area contributed by atoms with Crippen molar-refractivity contribution in [1.29, 1.82) is 0 Å². The van der Waals surface area contributed by atoms with Crippen LogP contribution in [0.1, 0.15) is 29.9 Å². The monoisotopic (exact) mass is 296 g/mol. The second-order valence-electron chi connectivity index (χ2n) is 6.37. The summed E-state index contributed by atoms with van der Waals surface area (Å²) in [6.07, 6.45) is 1.74. The van der Waals surface area contributed by atoms with E-state index in [-0.39, 0.29) is 11.3 Å². The Hall–Kier alpha value is -2.07. The van der Waals surface area contributed by atoms with E-state index >= 15 is 0 Å². The van der Waals surface area contributed by atoms with Crippen molar-refractivity contribution in [2.45, 2.75) is 31.7 Å². The third-order valence-electron chi connectivity index (χ3n) is 5.01. The van der Waals surface area contributed by atoms with Crippen LogP contribution in [0.15, 0.2) is 40.8 Å². The molecule has 4 rings (SSSR count). The van der Waals surface area contributed by atoms with Gasteiger partial charge in [0.2, 0.25) is 5.91 Å². The molecule has 1 aromatic heterocycles. The van der Waals surface area contributed by atoms with Crippen molar-refractivity contribution < 1.29 is 9.21 Å². The largest absolute Gasteiger partial charge is 0.465 e. The molecule has 1 saturated heterocycles. The zero-order chi connectivity index (χ0) is 15.2. The molecule has 2 aliphatic heterocycles. The lowest BCUT2D eigenvalue weighted by Gasteiger charge is -2.37. The van der Waals surface area contributed by atoms with Crippen LogP contribution in [0.4, 0.5) is 5.69 Å². The highest BCUT2D eigenvalue weighted by molar-refractivity contribution is 6.06. The molecule has 114 valence electrons. The molecule has 0 unspecified atom stereocenters. The molecule has 1 N–H and O–H groups in total. The number of fused-ring (bicyclic) bond motifs is 2. The van der Waals surface area contributed by atoms with E-state index in [1.807, 2.05) is 37.3 Å². The van der Waals surface area contributed by atoms with Crippen LogP contribution < -0.4 is 5.32 Å². The zero-order valence-electron chi connectivity index (χ0n) is 12.8. The maximum Gasteiger partial charge on any atom is 0.235 e. The predicted molar refractivity (Wildman–Crippen MR) is 84.7 cm³/mol. The molecule has 0 atom stereocenters. The van der Waals surface area contributed by atoms with E-state index in [1.54, 1.807) is 0 Å². The fourth-order valence-electron chi connectivity index (χ4n) is 3.75. The minimum absolute atomic E-state index is 0.169. The van der Waals surface area contributed by atoms with E-state index < -0.39 is 0 Å². The number of hydrogen-bond donors (Lipinski definition) is 1. The number of nitrogens with zero attached hydrogens (tertiary/aromatic N) is 1. The second-order valence-corrected chi connectivity index (χ2v) is 6.37. The van der Waals surface area contributed by atoms with Gasteiger partial charge in [-0.25, -0.2) is 0 Å². The van der Waals surface area contributed by atoms with Crippen molar-refractivity contribution in [3.63, 3.8) is 0 Å². The highest BCUT2D eigenvalue weighted by atomic mass is 16.3.